The van der Waals surface area contributed by atoms with Crippen LogP contribution in [-0.4, -0.2) is 57.2 Å². The Kier molecular flexibility index (Phi) is 5.18. The molecule has 0 spiro atoms. The van der Waals surface area contributed by atoms with Crippen LogP contribution in [0.3, 0.4) is 0 Å². The number of ether oxygens (including phenoxy) is 2. The van der Waals surface area contributed by atoms with Crippen molar-refractivity contribution in [2.75, 3.05) is 6.61 Å². The minimum absolute atomic E-state index is 0.0958. The van der Waals surface area contributed by atoms with Crippen molar-refractivity contribution in [2.45, 2.75) is 43.0 Å². The monoisotopic (exact) mass is 386 g/mol. The number of aliphatic hydroxyl groups excluding tert-OH is 4. The van der Waals surface area contributed by atoms with Crippen LogP contribution < -0.4 is 4.74 Å². The van der Waals surface area contributed by atoms with Gasteiger partial charge in [-0.15, -0.1) is 0 Å². The number of hydrogen-bond donors (Lipinski definition) is 4. The number of carbonyl (C=O) groups is 1. The molecule has 2 aliphatic heterocycles. The van der Waals surface area contributed by atoms with Gasteiger partial charge in [-0.2, -0.15) is 0 Å². The van der Waals surface area contributed by atoms with E-state index >= 15 is 0 Å². The van der Waals surface area contributed by atoms with E-state index in [9.17, 15) is 25.2 Å². The van der Waals surface area contributed by atoms with Gasteiger partial charge in [-0.25, -0.2) is 0 Å². The van der Waals surface area contributed by atoms with Gasteiger partial charge in [0.25, 0.3) is 0 Å². The van der Waals surface area contributed by atoms with Crippen LogP contribution in [0.25, 0.3) is 0 Å². The van der Waals surface area contributed by atoms with Gasteiger partial charge in [0.2, 0.25) is 0 Å². The van der Waals surface area contributed by atoms with E-state index in [1.807, 2.05) is 30.3 Å². The van der Waals surface area contributed by atoms with Gasteiger partial charge in [0.05, 0.1) is 18.6 Å². The van der Waals surface area contributed by atoms with Crippen LogP contribution >= 0.6 is 0 Å². The fourth-order valence-corrected chi connectivity index (χ4v) is 3.75. The van der Waals surface area contributed by atoms with Crippen LogP contribution in [0.5, 0.6) is 5.75 Å². The van der Waals surface area contributed by atoms with Gasteiger partial charge >= 0.3 is 0 Å². The summed E-state index contributed by atoms with van der Waals surface area (Å²) >= 11 is 0. The maximum absolute atomic E-state index is 12.7. The summed E-state index contributed by atoms with van der Waals surface area (Å²) < 4.78 is 11.6. The van der Waals surface area contributed by atoms with E-state index in [0.29, 0.717) is 16.9 Å². The first-order valence-corrected chi connectivity index (χ1v) is 9.19. The number of rotatable bonds is 3. The average Bonchev–Trinajstić information content (AvgIpc) is 2.73. The largest absolute Gasteiger partial charge is 0.484 e. The van der Waals surface area contributed by atoms with Gasteiger partial charge in [0.15, 0.2) is 5.78 Å². The van der Waals surface area contributed by atoms with Gasteiger partial charge in [-0.3, -0.25) is 4.79 Å². The lowest BCUT2D eigenvalue weighted by molar-refractivity contribution is -0.231. The Morgan fingerprint density at radius 2 is 1.68 bits per heavy atom. The zero-order valence-corrected chi connectivity index (χ0v) is 15.0. The van der Waals surface area contributed by atoms with Crippen molar-refractivity contribution in [3.05, 3.63) is 65.2 Å². The van der Waals surface area contributed by atoms with Crippen molar-refractivity contribution in [1.82, 2.24) is 0 Å². The molecule has 0 radical (unpaired) electrons. The second-order valence-electron chi connectivity index (χ2n) is 7.15. The van der Waals surface area contributed by atoms with Crippen LogP contribution in [0.15, 0.2) is 48.5 Å². The van der Waals surface area contributed by atoms with Crippen molar-refractivity contribution in [3.63, 3.8) is 0 Å². The molecule has 2 heterocycles. The first-order valence-electron chi connectivity index (χ1n) is 9.19. The molecule has 2 aliphatic rings. The lowest BCUT2D eigenvalue weighted by atomic mass is 9.89. The molecule has 2 aromatic carbocycles. The Balaban J connectivity index is 1.61. The maximum Gasteiger partial charge on any atom is 0.170 e. The smallest absolute Gasteiger partial charge is 0.170 e. The lowest BCUT2D eigenvalue weighted by Crippen LogP contribution is -2.55. The topological polar surface area (TPSA) is 116 Å². The second kappa shape index (κ2) is 7.62. The first kappa shape index (κ1) is 19.0. The van der Waals surface area contributed by atoms with E-state index in [4.69, 9.17) is 9.47 Å². The Morgan fingerprint density at radius 1 is 0.929 bits per heavy atom. The van der Waals surface area contributed by atoms with E-state index < -0.39 is 37.1 Å². The molecule has 0 bridgehead atoms. The van der Waals surface area contributed by atoms with E-state index in [2.05, 4.69) is 0 Å². The quantitative estimate of drug-likeness (QED) is 0.619. The Bertz CT molecular complexity index is 851. The van der Waals surface area contributed by atoms with E-state index in [-0.39, 0.29) is 18.3 Å². The number of ketones is 1. The highest BCUT2D eigenvalue weighted by Gasteiger charge is 2.44. The SMILES string of the molecule is O=C1CC(c2ccccc2)Oc2ccc(C3O[C@H](CO)[C@@H](O)[C@H](O)[C@H]3O)cc21. The number of Topliss-reactive ketones (excluding diaryl/α,β-unsaturated/α-hetero) is 1. The molecular formula is C21H22O7. The van der Waals surface area contributed by atoms with Crippen molar-refractivity contribution < 1.29 is 34.7 Å². The van der Waals surface area contributed by atoms with Gasteiger partial charge in [0.1, 0.15) is 42.4 Å². The van der Waals surface area contributed by atoms with Gasteiger partial charge in [-0.05, 0) is 23.3 Å². The summed E-state index contributed by atoms with van der Waals surface area (Å²) in [5.74, 6) is 0.347. The normalized spacial score (nSPS) is 32.5. The summed E-state index contributed by atoms with van der Waals surface area (Å²) in [6.45, 7) is -0.507. The highest BCUT2D eigenvalue weighted by atomic mass is 16.5. The maximum atomic E-state index is 12.7. The standard InChI is InChI=1S/C21H22O7/c22-10-17-18(24)19(25)20(26)21(28-17)12-6-7-15-13(8-12)14(23)9-16(27-15)11-4-2-1-3-5-11/h1-8,16-22,24-26H,9-10H2/t16?,17-,18-,19+,20-,21?/m1/s1. The molecule has 0 aromatic heterocycles. The van der Waals surface area contributed by atoms with Crippen LogP contribution in [0, 0.1) is 0 Å². The molecule has 2 aromatic rings. The molecule has 148 valence electrons. The lowest BCUT2D eigenvalue weighted by Gasteiger charge is -2.40. The third-order valence-corrected chi connectivity index (χ3v) is 5.34. The summed E-state index contributed by atoms with van der Waals surface area (Å²) in [5.41, 5.74) is 1.76. The molecule has 28 heavy (non-hydrogen) atoms. The number of benzene rings is 2. The molecule has 4 rings (SSSR count). The average molecular weight is 386 g/mol. The van der Waals surface area contributed by atoms with Gasteiger partial charge in [0, 0.05) is 0 Å². The summed E-state index contributed by atoms with van der Waals surface area (Å²) in [6.07, 6.45) is -6.46. The molecule has 6 atom stereocenters. The summed E-state index contributed by atoms with van der Waals surface area (Å²) in [4.78, 5) is 12.7. The predicted molar refractivity (Wildman–Crippen MR) is 97.9 cm³/mol. The zero-order valence-electron chi connectivity index (χ0n) is 15.0. The molecule has 7 nitrogen and oxygen atoms in total. The van der Waals surface area contributed by atoms with Crippen LogP contribution in [0.4, 0.5) is 0 Å². The zero-order chi connectivity index (χ0) is 19.8. The molecule has 0 saturated carbocycles. The highest BCUT2D eigenvalue weighted by molar-refractivity contribution is 6.00. The molecule has 7 heteroatoms. The third-order valence-electron chi connectivity index (χ3n) is 5.34. The van der Waals surface area contributed by atoms with Crippen molar-refractivity contribution >= 4 is 5.78 Å². The number of fused-ring (bicyclic) bond motifs is 1. The third kappa shape index (κ3) is 3.32. The molecule has 2 unspecified atom stereocenters. The molecule has 1 fully saturated rings. The van der Waals surface area contributed by atoms with Crippen molar-refractivity contribution in [2.24, 2.45) is 0 Å². The fourth-order valence-electron chi connectivity index (χ4n) is 3.75. The minimum Gasteiger partial charge on any atom is -0.484 e. The van der Waals surface area contributed by atoms with E-state index in [1.165, 1.54) is 0 Å². The Labute approximate surface area is 161 Å². The number of carbonyl (C=O) groups excluding carboxylic acids is 1. The second-order valence-corrected chi connectivity index (χ2v) is 7.15. The predicted octanol–water partition coefficient (Wildman–Crippen LogP) is 0.908. The molecular weight excluding hydrogens is 364 g/mol. The van der Waals surface area contributed by atoms with Crippen molar-refractivity contribution in [1.29, 1.82) is 0 Å². The number of aliphatic hydroxyl groups is 4. The first-order chi connectivity index (χ1) is 13.5. The van der Waals surface area contributed by atoms with E-state index in [0.717, 1.165) is 5.56 Å². The molecule has 0 aliphatic carbocycles. The number of hydrogen-bond acceptors (Lipinski definition) is 7. The molecule has 4 N–H and O–H groups in total. The Morgan fingerprint density at radius 3 is 2.39 bits per heavy atom. The summed E-state index contributed by atoms with van der Waals surface area (Å²) in [6, 6.07) is 14.4. The van der Waals surface area contributed by atoms with Crippen LogP contribution in [0.1, 0.15) is 40.1 Å². The molecule has 0 amide bonds. The van der Waals surface area contributed by atoms with Gasteiger partial charge in [-0.1, -0.05) is 36.4 Å². The summed E-state index contributed by atoms with van der Waals surface area (Å²) in [7, 11) is 0. The van der Waals surface area contributed by atoms with Gasteiger partial charge < -0.3 is 29.9 Å². The molecule has 1 saturated heterocycles. The Hall–Kier alpha value is -2.29. The van der Waals surface area contributed by atoms with Crippen LogP contribution in [-0.2, 0) is 4.74 Å². The fraction of sp³-hybridized carbons (Fsp3) is 0.381. The minimum atomic E-state index is -1.47. The van der Waals surface area contributed by atoms with Crippen LogP contribution in [0.2, 0.25) is 0 Å². The highest BCUT2D eigenvalue weighted by Crippen LogP contribution is 2.39. The van der Waals surface area contributed by atoms with E-state index in [1.54, 1.807) is 18.2 Å². The summed E-state index contributed by atoms with van der Waals surface area (Å²) in [5, 5.41) is 39.6. The van der Waals surface area contributed by atoms with Crippen molar-refractivity contribution in [3.8, 4) is 5.75 Å².